The first kappa shape index (κ1) is 64.7. The quantitative estimate of drug-likeness (QED) is 0.0282. The molecule has 3 aromatic carbocycles. The van der Waals surface area contributed by atoms with Gasteiger partial charge in [-0.3, -0.25) is 43.8 Å². The van der Waals surface area contributed by atoms with E-state index in [0.29, 0.717) is 22.4 Å². The van der Waals surface area contributed by atoms with Gasteiger partial charge < -0.3 is 62.3 Å². The number of amides is 9. The van der Waals surface area contributed by atoms with Crippen LogP contribution in [0.25, 0.3) is 0 Å². The molecule has 9 amide bonds. The van der Waals surface area contributed by atoms with Gasteiger partial charge >= 0.3 is 6.09 Å². The van der Waals surface area contributed by atoms with E-state index < -0.39 is 138 Å². The largest absolute Gasteiger partial charge is 0.488 e. The fourth-order valence-electron chi connectivity index (χ4n) is 7.87. The van der Waals surface area contributed by atoms with Gasteiger partial charge in [-0.2, -0.15) is 0 Å². The number of ether oxygens (including phenoxy) is 4. The first-order chi connectivity index (χ1) is 36.3. The number of rotatable bonds is 28. The zero-order valence-electron chi connectivity index (χ0n) is 46.5. The second kappa shape index (κ2) is 29.8. The van der Waals surface area contributed by atoms with Gasteiger partial charge in [0.15, 0.2) is 0 Å². The van der Waals surface area contributed by atoms with Crippen LogP contribution in [-0.4, -0.2) is 119 Å². The lowest BCUT2D eigenvalue weighted by atomic mass is 10.0. The molecule has 0 aromatic heterocycles. The number of hydrazine groups is 1. The number of hydrogen-bond donors (Lipinski definition) is 10. The summed E-state index contributed by atoms with van der Waals surface area (Å²) in [5, 5.41) is 15.4. The first-order valence-electron chi connectivity index (χ1n) is 25.6. The normalized spacial score (nSPS) is 14.7. The highest BCUT2D eigenvalue weighted by Gasteiger charge is 2.39. The summed E-state index contributed by atoms with van der Waals surface area (Å²) in [7, 11) is 0. The molecule has 3 rings (SSSR count). The highest BCUT2D eigenvalue weighted by molar-refractivity contribution is 5.98. The Bertz CT molecular complexity index is 2490. The lowest BCUT2D eigenvalue weighted by molar-refractivity contribution is -0.141. The predicted octanol–water partition coefficient (Wildman–Crippen LogP) is 1.91. The molecule has 0 saturated carbocycles. The average Bonchev–Trinajstić information content (AvgIpc) is 3.34. The van der Waals surface area contributed by atoms with E-state index in [2.05, 4.69) is 31.9 Å². The van der Waals surface area contributed by atoms with Crippen LogP contribution in [0.2, 0.25) is 0 Å². The maximum Gasteiger partial charge on any atom is 0.408 e. The van der Waals surface area contributed by atoms with Crippen LogP contribution in [0.1, 0.15) is 112 Å². The maximum absolute atomic E-state index is 14.9. The number of nitrogens with two attached hydrogens (primary N) is 3. The molecule has 0 spiro atoms. The van der Waals surface area contributed by atoms with Crippen molar-refractivity contribution >= 4 is 53.4 Å². The smallest absolute Gasteiger partial charge is 0.408 e. The first-order valence-corrected chi connectivity index (χ1v) is 25.6. The van der Waals surface area contributed by atoms with E-state index in [1.165, 1.54) is 6.92 Å². The zero-order valence-corrected chi connectivity index (χ0v) is 46.5. The van der Waals surface area contributed by atoms with Crippen LogP contribution in [0.4, 0.5) is 4.79 Å². The predicted molar refractivity (Wildman–Crippen MR) is 289 cm³/mol. The van der Waals surface area contributed by atoms with Crippen molar-refractivity contribution in [1.29, 1.82) is 0 Å². The fourth-order valence-corrected chi connectivity index (χ4v) is 7.87. The number of alkyl carbamates (subject to hydrolysis) is 1. The second-order valence-electron chi connectivity index (χ2n) is 21.7. The van der Waals surface area contributed by atoms with Crippen LogP contribution in [0.5, 0.6) is 5.75 Å². The van der Waals surface area contributed by atoms with E-state index in [0.717, 1.165) is 0 Å². The van der Waals surface area contributed by atoms with Gasteiger partial charge in [0, 0.05) is 19.3 Å². The summed E-state index contributed by atoms with van der Waals surface area (Å²) in [4.78, 5) is 123. The van der Waals surface area contributed by atoms with Crippen molar-refractivity contribution in [2.75, 3.05) is 0 Å². The Kier molecular flexibility index (Phi) is 24.7. The topological polar surface area (TPSA) is 353 Å². The molecule has 0 bridgehead atoms. The molecule has 0 aliphatic carbocycles. The summed E-state index contributed by atoms with van der Waals surface area (Å²) < 4.78 is 23.8. The number of hydrogen-bond acceptors (Lipinski definition) is 14. The Labute approximate surface area is 456 Å². The van der Waals surface area contributed by atoms with E-state index in [-0.39, 0.29) is 19.4 Å². The molecule has 0 aliphatic heterocycles. The number of carbonyl (C=O) groups excluding carboxylic acids is 9. The number of primary amides is 2. The van der Waals surface area contributed by atoms with Gasteiger partial charge in [0.05, 0.1) is 29.8 Å². The molecule has 23 heteroatoms. The number of nitrogens with one attached hydrogen (secondary N) is 7. The lowest BCUT2D eigenvalue weighted by Crippen LogP contribution is -2.63. The summed E-state index contributed by atoms with van der Waals surface area (Å²) >= 11 is 0. The monoisotopic (exact) mass is 1090 g/mol. The van der Waals surface area contributed by atoms with Gasteiger partial charge in [-0.05, 0) is 111 Å². The van der Waals surface area contributed by atoms with Crippen molar-refractivity contribution in [2.45, 2.75) is 180 Å². The van der Waals surface area contributed by atoms with Crippen LogP contribution >= 0.6 is 0 Å². The molecular formula is C55H80N10O13. The van der Waals surface area contributed by atoms with Crippen molar-refractivity contribution in [3.63, 3.8) is 0 Å². The van der Waals surface area contributed by atoms with Gasteiger partial charge in [0.25, 0.3) is 5.91 Å². The maximum atomic E-state index is 14.9. The highest BCUT2D eigenvalue weighted by atomic mass is 16.6. The van der Waals surface area contributed by atoms with Crippen LogP contribution in [0.15, 0.2) is 84.9 Å². The highest BCUT2D eigenvalue weighted by Crippen LogP contribution is 2.21. The van der Waals surface area contributed by atoms with Crippen LogP contribution < -0.4 is 59.4 Å². The van der Waals surface area contributed by atoms with E-state index in [1.807, 2.05) is 26.2 Å². The Morgan fingerprint density at radius 3 is 1.37 bits per heavy atom. The molecule has 0 aliphatic rings. The molecule has 0 unspecified atom stereocenters. The molecule has 0 fully saturated rings. The van der Waals surface area contributed by atoms with Crippen molar-refractivity contribution in [3.05, 3.63) is 102 Å². The standard InChI is InChI=1S/C55H80N10O13/c1-32(76-53(3,4)5)44(50(72)59-38(26-27-42(56)66)46(68)61-41(30-43(57)67)47(69)60-40(49(71)65-58)28-34-18-14-12-15-19-34)63-48(70)39(29-35-22-24-37(25-23-35)78-55(9,10)11)62-51(73)45(33(2)77-54(6,7)8)64-52(74)75-31-36-20-16-13-17-21-36/h12-25,32-33,38-41,44-45H,26-31,58H2,1-11H3,(H2,56,66)(H2,57,67)(H,59,72)(H,60,69)(H,61,68)(H,62,73)(H,63,70)(H,64,74)(H,65,71)/t32-,33-,38+,39+,40+,41+,44+,45+/m1/s1. The van der Waals surface area contributed by atoms with Gasteiger partial charge in [-0.25, -0.2) is 10.6 Å². The van der Waals surface area contributed by atoms with E-state index in [9.17, 15) is 43.2 Å². The molecule has 0 heterocycles. The third kappa shape index (κ3) is 24.1. The minimum Gasteiger partial charge on any atom is -0.488 e. The van der Waals surface area contributed by atoms with Gasteiger partial charge in [0.2, 0.25) is 41.4 Å². The van der Waals surface area contributed by atoms with Crippen molar-refractivity contribution in [1.82, 2.24) is 37.3 Å². The Balaban J connectivity index is 2.05. The number of benzene rings is 3. The molecule has 3 aromatic rings. The summed E-state index contributed by atoms with van der Waals surface area (Å²) in [6.07, 6.45) is -5.01. The molecule has 0 saturated heterocycles. The van der Waals surface area contributed by atoms with Crippen LogP contribution in [0.3, 0.4) is 0 Å². The molecule has 8 atom stereocenters. The Hall–Kier alpha value is -7.63. The molecule has 78 heavy (non-hydrogen) atoms. The van der Waals surface area contributed by atoms with E-state index in [1.54, 1.807) is 133 Å². The fraction of sp³-hybridized carbons (Fsp3) is 0.509. The van der Waals surface area contributed by atoms with Crippen LogP contribution in [0, 0.1) is 0 Å². The minimum atomic E-state index is -1.72. The SMILES string of the molecule is C[C@@H](OC(C)(C)C)[C@H](NC(=O)OCc1ccccc1)C(=O)N[C@@H](Cc1ccc(OC(C)(C)C)cc1)C(=O)N[C@H](C(=O)N[C@@H](CCC(N)=O)C(=O)N[C@@H](CC(N)=O)C(=O)N[C@@H](Cc1ccccc1)C(=O)NN)[C@@H](C)OC(C)(C)C. The van der Waals surface area contributed by atoms with Gasteiger partial charge in [0.1, 0.15) is 54.2 Å². The van der Waals surface area contributed by atoms with E-state index in [4.69, 9.17) is 36.3 Å². The molecular weight excluding hydrogens is 1010 g/mol. The summed E-state index contributed by atoms with van der Waals surface area (Å²) in [6, 6.07) is 15.0. The van der Waals surface area contributed by atoms with Crippen molar-refractivity contribution < 1.29 is 62.1 Å². The summed E-state index contributed by atoms with van der Waals surface area (Å²) in [6.45, 7) is 18.9. The Morgan fingerprint density at radius 1 is 0.474 bits per heavy atom. The second-order valence-corrected chi connectivity index (χ2v) is 21.7. The number of carbonyl (C=O) groups is 9. The van der Waals surface area contributed by atoms with Gasteiger partial charge in [-0.15, -0.1) is 0 Å². The lowest BCUT2D eigenvalue weighted by Gasteiger charge is -2.33. The molecule has 428 valence electrons. The third-order valence-electron chi connectivity index (χ3n) is 11.2. The summed E-state index contributed by atoms with van der Waals surface area (Å²) in [5.74, 6) is -1.65. The van der Waals surface area contributed by atoms with Gasteiger partial charge in [-0.1, -0.05) is 72.8 Å². The Morgan fingerprint density at radius 2 is 0.897 bits per heavy atom. The van der Waals surface area contributed by atoms with E-state index >= 15 is 0 Å². The minimum absolute atomic E-state index is 0.0403. The zero-order chi connectivity index (χ0) is 58.5. The third-order valence-corrected chi connectivity index (χ3v) is 11.2. The van der Waals surface area contributed by atoms with Crippen molar-refractivity contribution in [3.8, 4) is 5.75 Å². The molecule has 0 radical (unpaired) electrons. The average molecular weight is 1090 g/mol. The molecule has 23 nitrogen and oxygen atoms in total. The summed E-state index contributed by atoms with van der Waals surface area (Å²) in [5.41, 5.74) is 12.5. The van der Waals surface area contributed by atoms with Crippen LogP contribution in [-0.2, 0) is 72.0 Å². The molecule has 13 N–H and O–H groups in total. The van der Waals surface area contributed by atoms with Crippen molar-refractivity contribution in [2.24, 2.45) is 17.3 Å².